The van der Waals surface area contributed by atoms with Gasteiger partial charge in [0.2, 0.25) is 6.20 Å². The van der Waals surface area contributed by atoms with Crippen LogP contribution in [0, 0.1) is 10.1 Å². The van der Waals surface area contributed by atoms with E-state index in [0.717, 1.165) is 22.5 Å². The van der Waals surface area contributed by atoms with Crippen molar-refractivity contribution in [2.75, 3.05) is 14.2 Å². The van der Waals surface area contributed by atoms with Gasteiger partial charge in [0, 0.05) is 11.5 Å². The number of rotatable bonds is 4. The van der Waals surface area contributed by atoms with Crippen LogP contribution in [0.5, 0.6) is 11.5 Å². The first kappa shape index (κ1) is 12.9. The van der Waals surface area contributed by atoms with E-state index in [2.05, 4.69) is 0 Å². The first-order valence-electron chi connectivity index (χ1n) is 5.62. The molecule has 2 aromatic rings. The quantitative estimate of drug-likeness (QED) is 0.625. The van der Waals surface area contributed by atoms with E-state index in [9.17, 15) is 10.1 Å². The van der Waals surface area contributed by atoms with Crippen molar-refractivity contribution in [3.8, 4) is 11.5 Å². The van der Waals surface area contributed by atoms with Crippen molar-refractivity contribution in [2.45, 2.75) is 0 Å². The Labute approximate surface area is 110 Å². The minimum absolute atomic E-state index is 0.493. The van der Waals surface area contributed by atoms with Gasteiger partial charge in [-0.05, 0) is 23.1 Å². The summed E-state index contributed by atoms with van der Waals surface area (Å²) in [5.41, 5.74) is 0.732. The molecule has 0 spiro atoms. The van der Waals surface area contributed by atoms with E-state index in [-0.39, 0.29) is 0 Å². The smallest absolute Gasteiger partial charge is 0.235 e. The highest BCUT2D eigenvalue weighted by Crippen LogP contribution is 2.35. The van der Waals surface area contributed by atoms with E-state index in [1.54, 1.807) is 14.2 Å². The Morgan fingerprint density at radius 2 is 1.89 bits per heavy atom. The molecule has 0 fully saturated rings. The summed E-state index contributed by atoms with van der Waals surface area (Å²) in [6.07, 6.45) is 2.35. The van der Waals surface area contributed by atoms with E-state index in [1.165, 1.54) is 6.08 Å². The van der Waals surface area contributed by atoms with Crippen LogP contribution in [0.1, 0.15) is 5.56 Å². The monoisotopic (exact) mass is 259 g/mol. The minimum Gasteiger partial charge on any atom is -0.493 e. The number of nitrogens with zero attached hydrogens (tertiary/aromatic N) is 1. The lowest BCUT2D eigenvalue weighted by Gasteiger charge is -2.10. The fourth-order valence-corrected chi connectivity index (χ4v) is 1.91. The Morgan fingerprint density at radius 1 is 1.16 bits per heavy atom. The topological polar surface area (TPSA) is 61.6 Å². The van der Waals surface area contributed by atoms with Gasteiger partial charge in [0.15, 0.2) is 11.5 Å². The molecule has 0 saturated heterocycles. The van der Waals surface area contributed by atoms with Crippen molar-refractivity contribution in [3.63, 3.8) is 0 Å². The van der Waals surface area contributed by atoms with Gasteiger partial charge in [0.05, 0.1) is 19.1 Å². The minimum atomic E-state index is -0.493. The SMILES string of the molecule is COc1ccc2ccc(/C=C\[N+](=O)[O-])cc2c1OC. The van der Waals surface area contributed by atoms with Crippen LogP contribution in [0.3, 0.4) is 0 Å². The Balaban J connectivity index is 2.59. The molecule has 2 aromatic carbocycles. The molecular weight excluding hydrogens is 246 g/mol. The fraction of sp³-hybridized carbons (Fsp3) is 0.143. The maximum absolute atomic E-state index is 10.3. The predicted octanol–water partition coefficient (Wildman–Crippen LogP) is 3.10. The molecule has 0 aromatic heterocycles. The fourth-order valence-electron chi connectivity index (χ4n) is 1.91. The van der Waals surface area contributed by atoms with Gasteiger partial charge < -0.3 is 9.47 Å². The molecule has 0 aliphatic rings. The number of hydrogen-bond acceptors (Lipinski definition) is 4. The predicted molar refractivity (Wildman–Crippen MR) is 73.1 cm³/mol. The van der Waals surface area contributed by atoms with Gasteiger partial charge in [0.25, 0.3) is 0 Å². The molecule has 5 heteroatoms. The Morgan fingerprint density at radius 3 is 2.53 bits per heavy atom. The average Bonchev–Trinajstić information content (AvgIpc) is 2.43. The lowest BCUT2D eigenvalue weighted by Crippen LogP contribution is -1.91. The molecule has 98 valence electrons. The zero-order valence-corrected chi connectivity index (χ0v) is 10.6. The standard InChI is InChI=1S/C14H13NO4/c1-18-13-6-5-11-4-3-10(7-8-15(16)17)9-12(11)14(13)19-2/h3-9H,1-2H3/b8-7-. The molecular formula is C14H13NO4. The van der Waals surface area contributed by atoms with Crippen LogP contribution < -0.4 is 9.47 Å². The third-order valence-electron chi connectivity index (χ3n) is 2.77. The first-order valence-corrected chi connectivity index (χ1v) is 5.62. The molecule has 0 heterocycles. The van der Waals surface area contributed by atoms with Crippen molar-refractivity contribution in [1.82, 2.24) is 0 Å². The number of benzene rings is 2. The van der Waals surface area contributed by atoms with E-state index in [4.69, 9.17) is 9.47 Å². The van der Waals surface area contributed by atoms with Crippen LogP contribution in [0.15, 0.2) is 36.5 Å². The molecule has 0 N–H and O–H groups in total. The van der Waals surface area contributed by atoms with Crippen molar-refractivity contribution >= 4 is 16.8 Å². The largest absolute Gasteiger partial charge is 0.493 e. The van der Waals surface area contributed by atoms with E-state index >= 15 is 0 Å². The molecule has 0 bridgehead atoms. The molecule has 0 saturated carbocycles. The number of hydrogen-bond donors (Lipinski definition) is 0. The van der Waals surface area contributed by atoms with Gasteiger partial charge in [-0.3, -0.25) is 10.1 Å². The van der Waals surface area contributed by atoms with Crippen LogP contribution in [-0.4, -0.2) is 19.1 Å². The van der Waals surface area contributed by atoms with Gasteiger partial charge in [0.1, 0.15) is 0 Å². The van der Waals surface area contributed by atoms with Crippen molar-refractivity contribution in [1.29, 1.82) is 0 Å². The first-order chi connectivity index (χ1) is 9.15. The molecule has 0 atom stereocenters. The van der Waals surface area contributed by atoms with Crippen LogP contribution >= 0.6 is 0 Å². The summed E-state index contributed by atoms with van der Waals surface area (Å²) in [6.45, 7) is 0. The lowest BCUT2D eigenvalue weighted by molar-refractivity contribution is -0.400. The summed E-state index contributed by atoms with van der Waals surface area (Å²) in [5.74, 6) is 1.25. The second kappa shape index (κ2) is 5.39. The summed E-state index contributed by atoms with van der Waals surface area (Å²) < 4.78 is 10.6. The van der Waals surface area contributed by atoms with Crippen LogP contribution in [0.25, 0.3) is 16.8 Å². The Kier molecular flexibility index (Phi) is 3.66. The molecule has 0 unspecified atom stereocenters. The van der Waals surface area contributed by atoms with Crippen molar-refractivity contribution < 1.29 is 14.4 Å². The van der Waals surface area contributed by atoms with E-state index in [1.807, 2.05) is 30.3 Å². The maximum Gasteiger partial charge on any atom is 0.235 e. The van der Waals surface area contributed by atoms with Gasteiger partial charge in [-0.2, -0.15) is 0 Å². The van der Waals surface area contributed by atoms with Gasteiger partial charge >= 0.3 is 0 Å². The molecule has 0 aliphatic heterocycles. The second-order valence-corrected chi connectivity index (χ2v) is 3.88. The number of ether oxygens (including phenoxy) is 2. The highest BCUT2D eigenvalue weighted by Gasteiger charge is 2.08. The van der Waals surface area contributed by atoms with Gasteiger partial charge in [-0.25, -0.2) is 0 Å². The maximum atomic E-state index is 10.3. The highest BCUT2D eigenvalue weighted by atomic mass is 16.6. The summed E-state index contributed by atoms with van der Waals surface area (Å²) in [4.78, 5) is 9.84. The van der Waals surface area contributed by atoms with E-state index in [0.29, 0.717) is 11.5 Å². The average molecular weight is 259 g/mol. The van der Waals surface area contributed by atoms with Crippen LogP contribution in [0.4, 0.5) is 0 Å². The zero-order valence-electron chi connectivity index (χ0n) is 10.6. The summed E-state index contributed by atoms with van der Waals surface area (Å²) in [7, 11) is 3.14. The van der Waals surface area contributed by atoms with Crippen molar-refractivity contribution in [3.05, 3.63) is 52.2 Å². The number of methoxy groups -OCH3 is 2. The third-order valence-corrected chi connectivity index (χ3v) is 2.77. The second-order valence-electron chi connectivity index (χ2n) is 3.88. The molecule has 19 heavy (non-hydrogen) atoms. The Bertz CT molecular complexity index is 649. The molecule has 2 rings (SSSR count). The van der Waals surface area contributed by atoms with Crippen LogP contribution in [0.2, 0.25) is 0 Å². The van der Waals surface area contributed by atoms with Gasteiger partial charge in [-0.15, -0.1) is 0 Å². The highest BCUT2D eigenvalue weighted by molar-refractivity contribution is 5.92. The molecule has 5 nitrogen and oxygen atoms in total. The van der Waals surface area contributed by atoms with Crippen LogP contribution in [-0.2, 0) is 0 Å². The molecule has 0 aliphatic carbocycles. The number of fused-ring (bicyclic) bond motifs is 1. The van der Waals surface area contributed by atoms with Gasteiger partial charge in [-0.1, -0.05) is 18.2 Å². The van der Waals surface area contributed by atoms with E-state index < -0.39 is 4.92 Å². The Hall–Kier alpha value is -2.56. The summed E-state index contributed by atoms with van der Waals surface area (Å²) >= 11 is 0. The zero-order chi connectivity index (χ0) is 13.8. The summed E-state index contributed by atoms with van der Waals surface area (Å²) in [6, 6.07) is 9.27. The summed E-state index contributed by atoms with van der Waals surface area (Å²) in [5, 5.41) is 12.2. The lowest BCUT2D eigenvalue weighted by atomic mass is 10.1. The molecule has 0 radical (unpaired) electrons. The third kappa shape index (κ3) is 2.65. The number of nitro groups is 1. The normalized spacial score (nSPS) is 10.8. The van der Waals surface area contributed by atoms with Crippen molar-refractivity contribution in [2.24, 2.45) is 0 Å². The molecule has 0 amide bonds.